The third kappa shape index (κ3) is 5.52. The maximum absolute atomic E-state index is 12.9. The minimum absolute atomic E-state index is 0.0529. The van der Waals surface area contributed by atoms with E-state index in [9.17, 15) is 26.4 Å². The van der Waals surface area contributed by atoms with Gasteiger partial charge in [0.25, 0.3) is 11.6 Å². The van der Waals surface area contributed by atoms with Crippen LogP contribution < -0.4 is 10.0 Å². The average Bonchev–Trinajstić information content (AvgIpc) is 3.10. The van der Waals surface area contributed by atoms with Crippen molar-refractivity contribution in [2.45, 2.75) is 39.4 Å². The van der Waals surface area contributed by atoms with E-state index in [0.717, 1.165) is 10.8 Å². The number of sulfonamides is 1. The highest BCUT2D eigenvalue weighted by molar-refractivity contribution is 7.92. The zero-order valence-corrected chi connectivity index (χ0v) is 18.3. The first-order valence-corrected chi connectivity index (χ1v) is 11.4. The van der Waals surface area contributed by atoms with Gasteiger partial charge in [-0.05, 0) is 37.5 Å². The largest absolute Gasteiger partial charge is 0.453 e. The summed E-state index contributed by atoms with van der Waals surface area (Å²) < 4.78 is 65.1. The highest BCUT2D eigenvalue weighted by atomic mass is 32.2. The summed E-state index contributed by atoms with van der Waals surface area (Å²) in [5.41, 5.74) is 2.44. The lowest BCUT2D eigenvalue weighted by molar-refractivity contribution is -0.144. The van der Waals surface area contributed by atoms with Crippen LogP contribution in [0.25, 0.3) is 5.78 Å². The summed E-state index contributed by atoms with van der Waals surface area (Å²) in [7, 11) is -3.47. The summed E-state index contributed by atoms with van der Waals surface area (Å²) in [5, 5.41) is 6.21. The van der Waals surface area contributed by atoms with Crippen LogP contribution in [0.15, 0.2) is 24.3 Å². The molecule has 0 unspecified atom stereocenters. The molecule has 0 atom stereocenters. The van der Waals surface area contributed by atoms with E-state index in [1.54, 1.807) is 38.1 Å². The van der Waals surface area contributed by atoms with Gasteiger partial charge >= 0.3 is 6.18 Å². The first-order valence-electron chi connectivity index (χ1n) is 9.47. The Morgan fingerprint density at radius 1 is 1.16 bits per heavy atom. The maximum Gasteiger partial charge on any atom is 0.453 e. The molecule has 3 rings (SSSR count). The first kappa shape index (κ1) is 23.4. The van der Waals surface area contributed by atoms with Gasteiger partial charge in [-0.3, -0.25) is 9.52 Å². The molecule has 2 heterocycles. The van der Waals surface area contributed by atoms with Crippen LogP contribution in [0.4, 0.5) is 18.9 Å². The number of carbonyl (C=O) groups is 1. The number of hydrogen-bond acceptors (Lipinski definition) is 6. The molecule has 1 amide bonds. The zero-order chi connectivity index (χ0) is 23.7. The Hall–Kier alpha value is -3.22. The molecule has 9 nitrogen and oxygen atoms in total. The van der Waals surface area contributed by atoms with Crippen LogP contribution in [0.5, 0.6) is 0 Å². The smallest absolute Gasteiger partial charge is 0.352 e. The fourth-order valence-corrected chi connectivity index (χ4v) is 3.78. The zero-order valence-electron chi connectivity index (χ0n) is 17.5. The van der Waals surface area contributed by atoms with E-state index in [2.05, 4.69) is 25.1 Å². The van der Waals surface area contributed by atoms with E-state index in [1.807, 2.05) is 0 Å². The monoisotopic (exact) mass is 470 g/mol. The molecular formula is C19H21F3N6O3S. The van der Waals surface area contributed by atoms with Crippen LogP contribution >= 0.6 is 0 Å². The molecule has 172 valence electrons. The van der Waals surface area contributed by atoms with Crippen molar-refractivity contribution in [1.82, 2.24) is 24.9 Å². The minimum Gasteiger partial charge on any atom is -0.352 e. The number of benzene rings is 1. The van der Waals surface area contributed by atoms with Gasteiger partial charge < -0.3 is 5.32 Å². The third-order valence-electron chi connectivity index (χ3n) is 4.69. The molecule has 2 aromatic heterocycles. The van der Waals surface area contributed by atoms with Crippen LogP contribution in [0, 0.1) is 13.8 Å². The number of hydrogen-bond donors (Lipinski definition) is 2. The van der Waals surface area contributed by atoms with E-state index in [1.165, 1.54) is 0 Å². The van der Waals surface area contributed by atoms with Gasteiger partial charge in [0.05, 0.1) is 11.9 Å². The number of halogens is 3. The molecular weight excluding hydrogens is 449 g/mol. The van der Waals surface area contributed by atoms with Gasteiger partial charge in [-0.25, -0.2) is 17.9 Å². The van der Waals surface area contributed by atoms with Gasteiger partial charge in [-0.1, -0.05) is 18.2 Å². The lowest BCUT2D eigenvalue weighted by atomic mass is 10.1. The molecule has 3 aromatic rings. The fourth-order valence-electron chi connectivity index (χ4n) is 3.18. The Morgan fingerprint density at radius 3 is 2.50 bits per heavy atom. The van der Waals surface area contributed by atoms with Gasteiger partial charge in [-0.2, -0.15) is 18.2 Å². The number of amides is 1. The van der Waals surface area contributed by atoms with Crippen molar-refractivity contribution < 1.29 is 26.4 Å². The number of alkyl halides is 3. The predicted molar refractivity (Wildman–Crippen MR) is 110 cm³/mol. The Bertz CT molecular complexity index is 1270. The highest BCUT2D eigenvalue weighted by Crippen LogP contribution is 2.27. The number of nitrogens with one attached hydrogen (secondary N) is 2. The molecule has 32 heavy (non-hydrogen) atoms. The summed E-state index contributed by atoms with van der Waals surface area (Å²) in [6, 6.07) is 6.66. The van der Waals surface area contributed by atoms with E-state index >= 15 is 0 Å². The molecule has 1 aromatic carbocycles. The summed E-state index contributed by atoms with van der Waals surface area (Å²) in [6.07, 6.45) is -3.37. The van der Waals surface area contributed by atoms with Crippen molar-refractivity contribution in [2.24, 2.45) is 0 Å². The maximum atomic E-state index is 12.9. The quantitative estimate of drug-likeness (QED) is 0.547. The Balaban J connectivity index is 1.69. The molecule has 2 N–H and O–H groups in total. The molecule has 13 heteroatoms. The number of rotatable bonds is 7. The molecule has 0 aliphatic carbocycles. The molecule has 0 spiro atoms. The van der Waals surface area contributed by atoms with Gasteiger partial charge in [-0.15, -0.1) is 5.10 Å². The molecule has 0 fully saturated rings. The standard InChI is InChI=1S/C19H21F3N6O3S/c1-11-14(12(2)28-18(24-11)25-17(26-28)19(20,21)22)8-9-16(29)23-10-13-6-4-5-7-15(13)27-32(3,30)31/h4-7,27H,8-10H2,1-3H3,(H,23,29). The summed E-state index contributed by atoms with van der Waals surface area (Å²) in [5.74, 6) is -1.74. The normalized spacial score (nSPS) is 12.2. The van der Waals surface area contributed by atoms with E-state index in [0.29, 0.717) is 28.2 Å². The van der Waals surface area contributed by atoms with E-state index in [4.69, 9.17) is 0 Å². The summed E-state index contributed by atoms with van der Waals surface area (Å²) in [6.45, 7) is 3.33. The van der Waals surface area contributed by atoms with E-state index < -0.39 is 22.0 Å². The van der Waals surface area contributed by atoms with Crippen molar-refractivity contribution in [3.8, 4) is 0 Å². The Kier molecular flexibility index (Phi) is 6.39. The second-order valence-corrected chi connectivity index (χ2v) is 8.96. The number of aromatic nitrogens is 4. The number of fused-ring (bicyclic) bond motifs is 1. The number of nitrogens with zero attached hydrogens (tertiary/aromatic N) is 4. The van der Waals surface area contributed by atoms with Gasteiger partial charge in [0.2, 0.25) is 15.9 Å². The van der Waals surface area contributed by atoms with Crippen LogP contribution in [0.1, 0.15) is 34.8 Å². The molecule has 0 aliphatic heterocycles. The van der Waals surface area contributed by atoms with Crippen molar-refractivity contribution in [2.75, 3.05) is 11.0 Å². The van der Waals surface area contributed by atoms with Crippen LogP contribution in [-0.4, -0.2) is 40.2 Å². The second-order valence-electron chi connectivity index (χ2n) is 7.21. The molecule has 0 saturated carbocycles. The van der Waals surface area contributed by atoms with Gasteiger partial charge in [0, 0.05) is 24.4 Å². The highest BCUT2D eigenvalue weighted by Gasteiger charge is 2.37. The topological polar surface area (TPSA) is 118 Å². The molecule has 0 radical (unpaired) electrons. The Labute approximate surface area is 182 Å². The summed E-state index contributed by atoms with van der Waals surface area (Å²) in [4.78, 5) is 19.9. The average molecular weight is 470 g/mol. The fraction of sp³-hybridized carbons (Fsp3) is 0.368. The van der Waals surface area contributed by atoms with Crippen molar-refractivity contribution in [3.05, 3.63) is 52.6 Å². The number of anilines is 1. The first-order chi connectivity index (χ1) is 14.8. The molecule has 0 aliphatic rings. The van der Waals surface area contributed by atoms with Gasteiger partial charge in [0.15, 0.2) is 0 Å². The number of carbonyl (C=O) groups excluding carboxylic acids is 1. The lowest BCUT2D eigenvalue weighted by Gasteiger charge is -2.12. The lowest BCUT2D eigenvalue weighted by Crippen LogP contribution is -2.24. The molecule has 0 bridgehead atoms. The van der Waals surface area contributed by atoms with Crippen LogP contribution in [0.2, 0.25) is 0 Å². The van der Waals surface area contributed by atoms with Crippen molar-refractivity contribution in [3.63, 3.8) is 0 Å². The molecule has 0 saturated heterocycles. The van der Waals surface area contributed by atoms with E-state index in [-0.39, 0.29) is 31.1 Å². The minimum atomic E-state index is -4.68. The second kappa shape index (κ2) is 8.73. The van der Waals surface area contributed by atoms with Gasteiger partial charge in [0.1, 0.15) is 0 Å². The SMILES string of the molecule is Cc1nc2nc(C(F)(F)F)nn2c(C)c1CCC(=O)NCc1ccccc1NS(C)(=O)=O. The van der Waals surface area contributed by atoms with Crippen molar-refractivity contribution >= 4 is 27.4 Å². The Morgan fingerprint density at radius 2 is 1.84 bits per heavy atom. The summed E-state index contributed by atoms with van der Waals surface area (Å²) >= 11 is 0. The van der Waals surface area contributed by atoms with Crippen LogP contribution in [-0.2, 0) is 34.0 Å². The predicted octanol–water partition coefficient (Wildman–Crippen LogP) is 2.38. The third-order valence-corrected chi connectivity index (χ3v) is 5.28. The number of para-hydroxylation sites is 1. The number of aryl methyl sites for hydroxylation is 2. The van der Waals surface area contributed by atoms with Crippen LogP contribution in [0.3, 0.4) is 0 Å². The van der Waals surface area contributed by atoms with Crippen molar-refractivity contribution in [1.29, 1.82) is 0 Å².